The minimum Gasteiger partial charge on any atom is -0.469 e. The number of hydrogen-bond donors (Lipinski definition) is 0. The van der Waals surface area contributed by atoms with E-state index in [1.807, 2.05) is 6.92 Å². The fraction of sp³-hybridized carbons (Fsp3) is 0.350. The van der Waals surface area contributed by atoms with E-state index in [9.17, 15) is 14.4 Å². The first-order valence-electron chi connectivity index (χ1n) is 9.28. The molecule has 9 nitrogen and oxygen atoms in total. The Hall–Kier alpha value is -3.49. The van der Waals surface area contributed by atoms with Crippen LogP contribution in [0, 0.1) is 12.8 Å². The first-order valence-corrected chi connectivity index (χ1v) is 9.28. The summed E-state index contributed by atoms with van der Waals surface area (Å²) in [7, 11) is 1.33. The number of methoxy groups -OCH3 is 1. The van der Waals surface area contributed by atoms with Gasteiger partial charge in [0.2, 0.25) is 0 Å². The standard InChI is InChI=1S/C20H20N4O5/c1-12-7-9-21-19(22-12)29-15-5-3-14(4-6-15)24-17(25)16-11-13(18(26)28-2)8-10-23(16)20(24)27/h3-7,9,13,16H,8,10-11H2,1-2H3. The number of aryl methyl sites for hydroxylation is 1. The topological polar surface area (TPSA) is 102 Å². The van der Waals surface area contributed by atoms with E-state index in [2.05, 4.69) is 9.97 Å². The van der Waals surface area contributed by atoms with Crippen molar-refractivity contribution >= 4 is 23.6 Å². The number of ether oxygens (including phenoxy) is 2. The molecule has 2 fully saturated rings. The number of nitrogens with zero attached hydrogens (tertiary/aromatic N) is 4. The highest BCUT2D eigenvalue weighted by molar-refractivity contribution is 6.21. The molecule has 2 aliphatic rings. The molecule has 0 radical (unpaired) electrons. The van der Waals surface area contributed by atoms with Gasteiger partial charge < -0.3 is 14.4 Å². The maximum Gasteiger partial charge on any atom is 0.332 e. The van der Waals surface area contributed by atoms with Crippen LogP contribution in [-0.4, -0.2) is 52.5 Å². The molecule has 2 atom stereocenters. The van der Waals surface area contributed by atoms with Crippen molar-refractivity contribution in [3.05, 3.63) is 42.2 Å². The number of amides is 3. The molecule has 3 heterocycles. The van der Waals surface area contributed by atoms with Crippen LogP contribution in [0.25, 0.3) is 0 Å². The molecule has 150 valence electrons. The normalized spacial score (nSPS) is 21.2. The summed E-state index contributed by atoms with van der Waals surface area (Å²) < 4.78 is 10.4. The van der Waals surface area contributed by atoms with Gasteiger partial charge in [-0.1, -0.05) is 0 Å². The van der Waals surface area contributed by atoms with E-state index in [1.165, 1.54) is 12.0 Å². The molecule has 29 heavy (non-hydrogen) atoms. The lowest BCUT2D eigenvalue weighted by atomic mass is 9.91. The molecule has 2 saturated heterocycles. The smallest absolute Gasteiger partial charge is 0.332 e. The number of anilines is 1. The number of esters is 1. The number of carbonyl (C=O) groups excluding carboxylic acids is 3. The Balaban J connectivity index is 1.50. The third-order valence-corrected chi connectivity index (χ3v) is 5.16. The predicted octanol–water partition coefficient (Wildman–Crippen LogP) is 2.30. The minimum atomic E-state index is -0.642. The van der Waals surface area contributed by atoms with Gasteiger partial charge >= 0.3 is 18.0 Å². The van der Waals surface area contributed by atoms with Crippen LogP contribution in [0.3, 0.4) is 0 Å². The minimum absolute atomic E-state index is 0.219. The molecule has 1 aromatic carbocycles. The van der Waals surface area contributed by atoms with Crippen molar-refractivity contribution in [3.63, 3.8) is 0 Å². The largest absolute Gasteiger partial charge is 0.469 e. The number of benzene rings is 1. The van der Waals surface area contributed by atoms with Crippen LogP contribution >= 0.6 is 0 Å². The molecule has 2 unspecified atom stereocenters. The van der Waals surface area contributed by atoms with E-state index >= 15 is 0 Å². The zero-order valence-electron chi connectivity index (χ0n) is 16.1. The summed E-state index contributed by atoms with van der Waals surface area (Å²) in [6.45, 7) is 2.18. The van der Waals surface area contributed by atoms with Crippen LogP contribution in [0.15, 0.2) is 36.5 Å². The SMILES string of the molecule is COC(=O)C1CCN2C(=O)N(c3ccc(Oc4nccc(C)n4)cc3)C(=O)C2C1. The lowest BCUT2D eigenvalue weighted by Gasteiger charge is -2.30. The van der Waals surface area contributed by atoms with E-state index in [1.54, 1.807) is 36.5 Å². The van der Waals surface area contributed by atoms with Gasteiger partial charge in [0.25, 0.3) is 5.91 Å². The third-order valence-electron chi connectivity index (χ3n) is 5.16. The Morgan fingerprint density at radius 1 is 1.17 bits per heavy atom. The lowest BCUT2D eigenvalue weighted by molar-refractivity contribution is -0.147. The second-order valence-corrected chi connectivity index (χ2v) is 6.99. The van der Waals surface area contributed by atoms with Crippen LogP contribution in [-0.2, 0) is 14.3 Å². The summed E-state index contributed by atoms with van der Waals surface area (Å²) in [5.74, 6) is -0.563. The molecule has 2 aliphatic heterocycles. The van der Waals surface area contributed by atoms with Gasteiger partial charge in [-0.15, -0.1) is 0 Å². The average molecular weight is 396 g/mol. The number of urea groups is 1. The van der Waals surface area contributed by atoms with E-state index in [-0.39, 0.29) is 36.3 Å². The third kappa shape index (κ3) is 3.51. The summed E-state index contributed by atoms with van der Waals surface area (Å²) in [5.41, 5.74) is 1.23. The molecular weight excluding hydrogens is 376 g/mol. The number of rotatable bonds is 4. The number of aromatic nitrogens is 2. The Morgan fingerprint density at radius 3 is 2.62 bits per heavy atom. The molecule has 3 amide bonds. The van der Waals surface area contributed by atoms with Crippen molar-refractivity contribution in [2.45, 2.75) is 25.8 Å². The Bertz CT molecular complexity index is 962. The zero-order chi connectivity index (χ0) is 20.5. The molecule has 4 rings (SSSR count). The number of piperidine rings is 1. The monoisotopic (exact) mass is 396 g/mol. The van der Waals surface area contributed by atoms with Gasteiger partial charge in [0, 0.05) is 18.4 Å². The number of carbonyl (C=O) groups is 3. The van der Waals surface area contributed by atoms with Gasteiger partial charge in [0.15, 0.2) is 0 Å². The van der Waals surface area contributed by atoms with Gasteiger partial charge in [0.1, 0.15) is 11.8 Å². The van der Waals surface area contributed by atoms with E-state index in [0.29, 0.717) is 24.4 Å². The fourth-order valence-corrected chi connectivity index (χ4v) is 3.66. The summed E-state index contributed by atoms with van der Waals surface area (Å²) >= 11 is 0. The van der Waals surface area contributed by atoms with E-state index in [4.69, 9.17) is 9.47 Å². The van der Waals surface area contributed by atoms with Gasteiger partial charge in [-0.2, -0.15) is 0 Å². The van der Waals surface area contributed by atoms with Gasteiger partial charge in [-0.05, 0) is 50.1 Å². The quantitative estimate of drug-likeness (QED) is 0.577. The molecule has 0 bridgehead atoms. The summed E-state index contributed by atoms with van der Waals surface area (Å²) in [4.78, 5) is 48.4. The molecule has 1 aromatic heterocycles. The number of hydrogen-bond acceptors (Lipinski definition) is 7. The van der Waals surface area contributed by atoms with Crippen molar-refractivity contribution in [3.8, 4) is 11.8 Å². The van der Waals surface area contributed by atoms with Crippen LogP contribution in [0.4, 0.5) is 10.5 Å². The lowest BCUT2D eigenvalue weighted by Crippen LogP contribution is -2.44. The van der Waals surface area contributed by atoms with Crippen molar-refractivity contribution in [2.75, 3.05) is 18.6 Å². The number of imide groups is 1. The van der Waals surface area contributed by atoms with Crippen LogP contribution in [0.5, 0.6) is 11.8 Å². The molecule has 0 aliphatic carbocycles. The van der Waals surface area contributed by atoms with Gasteiger partial charge in [-0.3, -0.25) is 9.59 Å². The maximum atomic E-state index is 12.9. The zero-order valence-corrected chi connectivity index (χ0v) is 16.1. The van der Waals surface area contributed by atoms with Crippen molar-refractivity contribution in [2.24, 2.45) is 5.92 Å². The molecule has 0 spiro atoms. The Labute approximate surface area is 167 Å². The van der Waals surface area contributed by atoms with Crippen LogP contribution in [0.2, 0.25) is 0 Å². The molecule has 0 N–H and O–H groups in total. The Kier molecular flexibility index (Phi) is 4.87. The van der Waals surface area contributed by atoms with Crippen molar-refractivity contribution in [1.29, 1.82) is 0 Å². The highest BCUT2D eigenvalue weighted by atomic mass is 16.5. The average Bonchev–Trinajstić information content (AvgIpc) is 2.98. The maximum absolute atomic E-state index is 12.9. The van der Waals surface area contributed by atoms with Gasteiger partial charge in [0.05, 0.1) is 18.7 Å². The highest BCUT2D eigenvalue weighted by Crippen LogP contribution is 2.34. The number of fused-ring (bicyclic) bond motifs is 1. The molecule has 2 aromatic rings. The van der Waals surface area contributed by atoms with Gasteiger partial charge in [-0.25, -0.2) is 19.7 Å². The summed E-state index contributed by atoms with van der Waals surface area (Å²) in [6.07, 6.45) is 2.37. The van der Waals surface area contributed by atoms with Crippen LogP contribution < -0.4 is 9.64 Å². The highest BCUT2D eigenvalue weighted by Gasteiger charge is 2.49. The molecule has 9 heteroatoms. The van der Waals surface area contributed by atoms with Crippen molar-refractivity contribution in [1.82, 2.24) is 14.9 Å². The second-order valence-electron chi connectivity index (χ2n) is 6.99. The molecule has 0 saturated carbocycles. The fourth-order valence-electron chi connectivity index (χ4n) is 3.66. The predicted molar refractivity (Wildman–Crippen MR) is 101 cm³/mol. The summed E-state index contributed by atoms with van der Waals surface area (Å²) in [5, 5.41) is 0. The van der Waals surface area contributed by atoms with Crippen LogP contribution in [0.1, 0.15) is 18.5 Å². The Morgan fingerprint density at radius 2 is 1.93 bits per heavy atom. The summed E-state index contributed by atoms with van der Waals surface area (Å²) in [6, 6.07) is 7.54. The first kappa shape index (κ1) is 18.9. The molecular formula is C20H20N4O5. The van der Waals surface area contributed by atoms with E-state index in [0.717, 1.165) is 10.6 Å². The first-order chi connectivity index (χ1) is 14.0. The second kappa shape index (κ2) is 7.50. The van der Waals surface area contributed by atoms with E-state index < -0.39 is 6.04 Å². The van der Waals surface area contributed by atoms with Crippen molar-refractivity contribution < 1.29 is 23.9 Å².